The second-order valence-corrected chi connectivity index (χ2v) is 10.9. The number of carbonyl (C=O) groups excluding carboxylic acids is 1. The maximum atomic E-state index is 13.0. The fourth-order valence-corrected chi connectivity index (χ4v) is 5.08. The number of anilines is 1. The quantitative estimate of drug-likeness (QED) is 0.365. The lowest BCUT2D eigenvalue weighted by molar-refractivity contribution is -0.169. The van der Waals surface area contributed by atoms with Crippen molar-refractivity contribution in [3.05, 3.63) is 60.8 Å². The number of likely N-dealkylation sites (N-methyl/N-ethyl adjacent to an activating group) is 1. The molecule has 1 fully saturated rings. The van der Waals surface area contributed by atoms with E-state index in [0.717, 1.165) is 23.9 Å². The van der Waals surface area contributed by atoms with Crippen LogP contribution in [0.1, 0.15) is 12.8 Å². The molecular formula is C26H27N5O5S. The van der Waals surface area contributed by atoms with E-state index in [0.29, 0.717) is 41.5 Å². The molecule has 0 unspecified atom stereocenters. The van der Waals surface area contributed by atoms with Gasteiger partial charge in [0.1, 0.15) is 17.5 Å². The Morgan fingerprint density at radius 1 is 1.16 bits per heavy atom. The lowest BCUT2D eigenvalue weighted by atomic mass is 10.1. The first-order valence-electron chi connectivity index (χ1n) is 11.8. The Morgan fingerprint density at radius 2 is 1.95 bits per heavy atom. The molecule has 10 nitrogen and oxygen atoms in total. The lowest BCUT2D eigenvalue weighted by Crippen LogP contribution is -2.43. The van der Waals surface area contributed by atoms with E-state index in [1.165, 1.54) is 24.3 Å². The van der Waals surface area contributed by atoms with Gasteiger partial charge >= 0.3 is 0 Å². The largest absolute Gasteiger partial charge is 0.455 e. The fraction of sp³-hybridized carbons (Fsp3) is 0.269. The highest BCUT2D eigenvalue weighted by Gasteiger charge is 2.35. The zero-order valence-electron chi connectivity index (χ0n) is 20.7. The summed E-state index contributed by atoms with van der Waals surface area (Å²) in [6.45, 7) is 0.657. The van der Waals surface area contributed by atoms with Crippen molar-refractivity contribution < 1.29 is 22.8 Å². The number of aromatic nitrogens is 3. The number of nitrogens with one attached hydrogen (secondary N) is 1. The molecule has 0 spiro atoms. The maximum absolute atomic E-state index is 13.0. The molecule has 0 aliphatic carbocycles. The highest BCUT2D eigenvalue weighted by atomic mass is 32.2. The van der Waals surface area contributed by atoms with E-state index in [9.17, 15) is 13.2 Å². The molecule has 5 rings (SSSR count). The van der Waals surface area contributed by atoms with Crippen LogP contribution in [0.3, 0.4) is 0 Å². The molecule has 1 atom stereocenters. The van der Waals surface area contributed by atoms with Crippen molar-refractivity contribution in [3.63, 3.8) is 0 Å². The molecule has 0 saturated carbocycles. The molecular weight excluding hydrogens is 494 g/mol. The minimum atomic E-state index is -3.33. The van der Waals surface area contributed by atoms with E-state index in [2.05, 4.69) is 9.97 Å². The van der Waals surface area contributed by atoms with Crippen molar-refractivity contribution in [1.82, 2.24) is 20.0 Å². The number of carbonyl (C=O) groups is 1. The summed E-state index contributed by atoms with van der Waals surface area (Å²) in [5, 5.41) is 1.24. The minimum Gasteiger partial charge on any atom is -0.455 e. The van der Waals surface area contributed by atoms with Gasteiger partial charge in [-0.1, -0.05) is 6.07 Å². The number of sulfone groups is 1. The number of fused-ring (bicyclic) bond motifs is 1. The molecule has 1 aliphatic heterocycles. The Kier molecular flexibility index (Phi) is 6.57. The van der Waals surface area contributed by atoms with E-state index in [1.807, 2.05) is 35.2 Å². The number of hydroxylamine groups is 2. The van der Waals surface area contributed by atoms with Gasteiger partial charge < -0.3 is 14.6 Å². The number of amides is 1. The Labute approximate surface area is 214 Å². The Hall–Kier alpha value is -3.96. The normalized spacial score (nSPS) is 15.8. The van der Waals surface area contributed by atoms with Crippen LogP contribution in [0.25, 0.3) is 22.6 Å². The van der Waals surface area contributed by atoms with Crippen LogP contribution >= 0.6 is 0 Å². The van der Waals surface area contributed by atoms with Gasteiger partial charge in [0.2, 0.25) is 0 Å². The predicted octanol–water partition coefficient (Wildman–Crippen LogP) is 3.81. The molecule has 1 N–H and O–H groups in total. The van der Waals surface area contributed by atoms with E-state index >= 15 is 0 Å². The zero-order chi connectivity index (χ0) is 26.2. The smallest absolute Gasteiger partial charge is 0.268 e. The fourth-order valence-electron chi connectivity index (χ4n) is 4.45. The Morgan fingerprint density at radius 3 is 2.62 bits per heavy atom. The molecule has 1 amide bonds. The molecule has 4 aromatic rings. The van der Waals surface area contributed by atoms with Crippen LogP contribution in [-0.2, 0) is 19.5 Å². The predicted molar refractivity (Wildman–Crippen MR) is 139 cm³/mol. The Bertz CT molecular complexity index is 1540. The molecule has 3 heterocycles. The van der Waals surface area contributed by atoms with Gasteiger partial charge in [0, 0.05) is 32.1 Å². The number of H-pyrrole nitrogens is 1. The summed E-state index contributed by atoms with van der Waals surface area (Å²) in [5.74, 6) is 1.43. The molecule has 192 valence electrons. The molecule has 0 bridgehead atoms. The van der Waals surface area contributed by atoms with Crippen molar-refractivity contribution in [1.29, 1.82) is 0 Å². The number of nitrogens with zero attached hydrogens (tertiary/aromatic N) is 4. The average Bonchev–Trinajstić information content (AvgIpc) is 3.54. The second-order valence-electron chi connectivity index (χ2n) is 8.85. The summed E-state index contributed by atoms with van der Waals surface area (Å²) in [5.41, 5.74) is 2.86. The van der Waals surface area contributed by atoms with Gasteiger partial charge in [-0.15, -0.1) is 0 Å². The average molecular weight is 522 g/mol. The van der Waals surface area contributed by atoms with Gasteiger partial charge in [-0.25, -0.2) is 18.5 Å². The first kappa shape index (κ1) is 24.7. The third-order valence-corrected chi connectivity index (χ3v) is 7.51. The van der Waals surface area contributed by atoms with Gasteiger partial charge in [0.15, 0.2) is 21.4 Å². The van der Waals surface area contributed by atoms with E-state index in [4.69, 9.17) is 14.6 Å². The number of pyridine rings is 1. The van der Waals surface area contributed by atoms with Crippen molar-refractivity contribution in [2.45, 2.75) is 23.8 Å². The first-order chi connectivity index (χ1) is 17.7. The zero-order valence-corrected chi connectivity index (χ0v) is 21.5. The van der Waals surface area contributed by atoms with Gasteiger partial charge in [-0.05, 0) is 55.3 Å². The van der Waals surface area contributed by atoms with E-state index < -0.39 is 15.9 Å². The topological polar surface area (TPSA) is 118 Å². The van der Waals surface area contributed by atoms with Crippen molar-refractivity contribution in [2.24, 2.45) is 0 Å². The minimum absolute atomic E-state index is 0.151. The van der Waals surface area contributed by atoms with E-state index in [-0.39, 0.29) is 10.8 Å². The maximum Gasteiger partial charge on any atom is 0.268 e. The van der Waals surface area contributed by atoms with Crippen LogP contribution in [0.4, 0.5) is 5.69 Å². The standard InChI is InChI=1S/C26H27N5O5S/c1-30(35-2)26(32)22-8-6-14-31(22)23-15-20-21(29-25(28-20)19-7-4-5-13-27-19)16-24(23)36-17-9-11-18(12-10-17)37(3,33)34/h4-5,7,9-13,15-16,22H,6,8,14H2,1-3H3,(H,28,29)/t22-/m1/s1. The van der Waals surface area contributed by atoms with Gasteiger partial charge in [-0.2, -0.15) is 0 Å². The van der Waals surface area contributed by atoms with Crippen LogP contribution in [0.2, 0.25) is 0 Å². The van der Waals surface area contributed by atoms with Crippen LogP contribution in [0.5, 0.6) is 11.5 Å². The summed E-state index contributed by atoms with van der Waals surface area (Å²) in [7, 11) is -0.277. The van der Waals surface area contributed by atoms with E-state index in [1.54, 1.807) is 25.4 Å². The molecule has 11 heteroatoms. The summed E-state index contributed by atoms with van der Waals surface area (Å²) in [4.78, 5) is 32.8. The van der Waals surface area contributed by atoms with Crippen molar-refractivity contribution >= 4 is 32.5 Å². The summed E-state index contributed by atoms with van der Waals surface area (Å²) in [6, 6.07) is 15.2. The van der Waals surface area contributed by atoms with Crippen LogP contribution in [0, 0.1) is 0 Å². The van der Waals surface area contributed by atoms with Crippen LogP contribution < -0.4 is 9.64 Å². The number of ether oxygens (including phenoxy) is 1. The molecule has 1 aliphatic rings. The van der Waals surface area contributed by atoms with Crippen molar-refractivity contribution in [3.8, 4) is 23.0 Å². The summed E-state index contributed by atoms with van der Waals surface area (Å²) >= 11 is 0. The van der Waals surface area contributed by atoms with Crippen molar-refractivity contribution in [2.75, 3.05) is 31.9 Å². The summed E-state index contributed by atoms with van der Waals surface area (Å²) < 4.78 is 30.0. The highest BCUT2D eigenvalue weighted by Crippen LogP contribution is 2.40. The monoisotopic (exact) mass is 521 g/mol. The molecule has 2 aromatic heterocycles. The van der Waals surface area contributed by atoms with Crippen LogP contribution in [-0.4, -0.2) is 67.3 Å². The van der Waals surface area contributed by atoms with Gasteiger partial charge in [0.25, 0.3) is 5.91 Å². The number of hydrogen-bond donors (Lipinski definition) is 1. The molecule has 2 aromatic carbocycles. The first-order valence-corrected chi connectivity index (χ1v) is 13.6. The molecule has 0 radical (unpaired) electrons. The summed E-state index contributed by atoms with van der Waals surface area (Å²) in [6.07, 6.45) is 4.37. The third-order valence-electron chi connectivity index (χ3n) is 6.38. The second kappa shape index (κ2) is 9.83. The van der Waals surface area contributed by atoms with Gasteiger partial charge in [-0.3, -0.25) is 14.6 Å². The number of benzene rings is 2. The third kappa shape index (κ3) is 5.00. The number of hydrogen-bond acceptors (Lipinski definition) is 8. The number of imidazole rings is 1. The highest BCUT2D eigenvalue weighted by molar-refractivity contribution is 7.90. The number of aromatic amines is 1. The lowest BCUT2D eigenvalue weighted by Gasteiger charge is -2.29. The Balaban J connectivity index is 1.59. The molecule has 37 heavy (non-hydrogen) atoms. The van der Waals surface area contributed by atoms with Crippen LogP contribution in [0.15, 0.2) is 65.7 Å². The SMILES string of the molecule is CON(C)C(=O)[C@H]1CCCN1c1cc2[nH]c(-c3ccccn3)nc2cc1Oc1ccc(S(C)(=O)=O)cc1. The molecule has 1 saturated heterocycles. The van der Waals surface area contributed by atoms with Gasteiger partial charge in [0.05, 0.1) is 28.7 Å². The number of rotatable bonds is 7.